The molecule has 5 nitrogen and oxygen atoms in total. The molecule has 6 heteroatoms. The minimum Gasteiger partial charge on any atom is -0.491 e. The van der Waals surface area contributed by atoms with Crippen LogP contribution in [-0.4, -0.2) is 42.5 Å². The summed E-state index contributed by atoms with van der Waals surface area (Å²) in [4.78, 5) is 10.8. The van der Waals surface area contributed by atoms with Crippen LogP contribution in [0.2, 0.25) is 6.04 Å². The monoisotopic (exact) mass is 248 g/mol. The summed E-state index contributed by atoms with van der Waals surface area (Å²) in [5.74, 6) is 0.0215. The van der Waals surface area contributed by atoms with E-state index in [1.165, 1.54) is 6.92 Å². The molecule has 0 saturated carbocycles. The van der Waals surface area contributed by atoms with Gasteiger partial charge in [0.05, 0.1) is 6.61 Å². The smallest absolute Gasteiger partial charge is 0.491 e. The van der Waals surface area contributed by atoms with Crippen molar-refractivity contribution in [2.45, 2.75) is 19.4 Å². The quantitative estimate of drug-likeness (QED) is 0.267. The van der Waals surface area contributed by atoms with Crippen LogP contribution in [0, 0.1) is 0 Å². The molecular formula is C10H20O5Si. The minimum atomic E-state index is -2.51. The molecule has 0 aromatic carbocycles. The number of ether oxygens (including phenoxy) is 1. The van der Waals surface area contributed by atoms with E-state index in [0.717, 1.165) is 0 Å². The van der Waals surface area contributed by atoms with Gasteiger partial charge < -0.3 is 18.0 Å². The zero-order valence-corrected chi connectivity index (χ0v) is 11.4. The van der Waals surface area contributed by atoms with Gasteiger partial charge in [0.2, 0.25) is 0 Å². The summed E-state index contributed by atoms with van der Waals surface area (Å²) in [6.45, 7) is 5.32. The third-order valence-corrected chi connectivity index (χ3v) is 5.06. The highest BCUT2D eigenvalue weighted by molar-refractivity contribution is 6.60. The number of hydrogen-bond donors (Lipinski definition) is 0. The van der Waals surface area contributed by atoms with Gasteiger partial charge in [0, 0.05) is 34.3 Å². The maximum Gasteiger partial charge on any atom is 0.500 e. The Morgan fingerprint density at radius 1 is 1.19 bits per heavy atom. The van der Waals surface area contributed by atoms with E-state index in [9.17, 15) is 4.79 Å². The number of ketones is 1. The van der Waals surface area contributed by atoms with E-state index in [2.05, 4.69) is 6.58 Å². The van der Waals surface area contributed by atoms with Gasteiger partial charge >= 0.3 is 8.80 Å². The number of allylic oxidation sites excluding steroid dienone is 1. The second-order valence-corrected chi connectivity index (χ2v) is 6.32. The molecular weight excluding hydrogens is 228 g/mol. The summed E-state index contributed by atoms with van der Waals surface area (Å²) >= 11 is 0. The van der Waals surface area contributed by atoms with Gasteiger partial charge in [-0.15, -0.1) is 0 Å². The Bertz CT molecular complexity index is 229. The van der Waals surface area contributed by atoms with Crippen molar-refractivity contribution in [1.29, 1.82) is 0 Å². The van der Waals surface area contributed by atoms with Gasteiger partial charge in [-0.3, -0.25) is 4.79 Å². The first kappa shape index (κ1) is 15.3. The van der Waals surface area contributed by atoms with Crippen LogP contribution in [0.25, 0.3) is 0 Å². The number of carbonyl (C=O) groups is 1. The summed E-state index contributed by atoms with van der Waals surface area (Å²) in [5, 5.41) is 0. The van der Waals surface area contributed by atoms with Crippen molar-refractivity contribution in [1.82, 2.24) is 0 Å². The topological polar surface area (TPSA) is 54.0 Å². The molecule has 0 heterocycles. The Morgan fingerprint density at radius 3 is 2.06 bits per heavy atom. The molecule has 0 aliphatic heterocycles. The van der Waals surface area contributed by atoms with Gasteiger partial charge in [-0.25, -0.2) is 0 Å². The molecule has 0 spiro atoms. The van der Waals surface area contributed by atoms with Crippen LogP contribution in [0.1, 0.15) is 13.3 Å². The molecule has 0 fully saturated rings. The Hall–Kier alpha value is -0.693. The summed E-state index contributed by atoms with van der Waals surface area (Å²) in [6.07, 6.45) is 0.689. The van der Waals surface area contributed by atoms with E-state index in [4.69, 9.17) is 18.0 Å². The third kappa shape index (κ3) is 4.89. The number of carbonyl (C=O) groups excluding carboxylic acids is 1. The Kier molecular flexibility index (Phi) is 7.23. The summed E-state index contributed by atoms with van der Waals surface area (Å²) in [6, 6.07) is 0.641. The summed E-state index contributed by atoms with van der Waals surface area (Å²) < 4.78 is 20.9. The van der Waals surface area contributed by atoms with Crippen LogP contribution in [0.15, 0.2) is 12.3 Å². The lowest BCUT2D eigenvalue weighted by Crippen LogP contribution is -2.42. The van der Waals surface area contributed by atoms with Gasteiger partial charge in [0.1, 0.15) is 0 Å². The molecule has 0 N–H and O–H groups in total. The molecule has 0 bridgehead atoms. The van der Waals surface area contributed by atoms with E-state index < -0.39 is 8.80 Å². The van der Waals surface area contributed by atoms with E-state index in [0.29, 0.717) is 19.1 Å². The molecule has 0 radical (unpaired) electrons. The molecule has 0 amide bonds. The van der Waals surface area contributed by atoms with E-state index in [1.807, 2.05) is 0 Å². The molecule has 0 aromatic heterocycles. The van der Waals surface area contributed by atoms with Crippen LogP contribution in [0.3, 0.4) is 0 Å². The van der Waals surface area contributed by atoms with Crippen molar-refractivity contribution in [2.75, 3.05) is 27.9 Å². The van der Waals surface area contributed by atoms with E-state index in [1.54, 1.807) is 21.3 Å². The Morgan fingerprint density at radius 2 is 1.69 bits per heavy atom. The number of Topliss-reactive ketones (excluding diaryl/α,β-unsaturated/α-hetero) is 1. The maximum atomic E-state index is 10.8. The molecule has 94 valence electrons. The molecule has 0 rings (SSSR count). The van der Waals surface area contributed by atoms with Gasteiger partial charge in [-0.05, 0) is 6.42 Å². The van der Waals surface area contributed by atoms with E-state index in [-0.39, 0.29) is 11.5 Å². The zero-order chi connectivity index (χ0) is 12.6. The predicted molar refractivity (Wildman–Crippen MR) is 62.0 cm³/mol. The van der Waals surface area contributed by atoms with Crippen molar-refractivity contribution >= 4 is 14.6 Å². The van der Waals surface area contributed by atoms with Crippen molar-refractivity contribution in [2.24, 2.45) is 0 Å². The average Bonchev–Trinajstić information content (AvgIpc) is 2.30. The van der Waals surface area contributed by atoms with Crippen molar-refractivity contribution in [3.8, 4) is 0 Å². The minimum absolute atomic E-state index is 0.159. The molecule has 16 heavy (non-hydrogen) atoms. The first-order chi connectivity index (χ1) is 7.51. The van der Waals surface area contributed by atoms with Crippen LogP contribution in [0.4, 0.5) is 0 Å². The SMILES string of the molecule is C=C(OCCC[Si](OC)(OC)OC)C(C)=O. The lowest BCUT2D eigenvalue weighted by Gasteiger charge is -2.24. The fourth-order valence-electron chi connectivity index (χ4n) is 1.14. The lowest BCUT2D eigenvalue weighted by atomic mass is 10.4. The lowest BCUT2D eigenvalue weighted by molar-refractivity contribution is -0.116. The van der Waals surface area contributed by atoms with Gasteiger partial charge in [-0.2, -0.15) is 0 Å². The molecule has 0 unspecified atom stereocenters. The summed E-state index contributed by atoms with van der Waals surface area (Å²) in [7, 11) is 2.18. The van der Waals surface area contributed by atoms with Gasteiger partial charge in [-0.1, -0.05) is 6.58 Å². The van der Waals surface area contributed by atoms with Gasteiger partial charge in [0.15, 0.2) is 11.5 Å². The molecule has 0 atom stereocenters. The highest BCUT2D eigenvalue weighted by atomic mass is 28.4. The highest BCUT2D eigenvalue weighted by Gasteiger charge is 2.36. The van der Waals surface area contributed by atoms with Crippen molar-refractivity contribution in [3.05, 3.63) is 12.3 Å². The Balaban J connectivity index is 3.88. The third-order valence-electron chi connectivity index (χ3n) is 2.23. The molecule has 0 aliphatic carbocycles. The van der Waals surface area contributed by atoms with Crippen LogP contribution in [-0.2, 0) is 22.8 Å². The fraction of sp³-hybridized carbons (Fsp3) is 0.700. The van der Waals surface area contributed by atoms with Gasteiger partial charge in [0.25, 0.3) is 0 Å². The van der Waals surface area contributed by atoms with E-state index >= 15 is 0 Å². The first-order valence-corrected chi connectivity index (χ1v) is 6.92. The highest BCUT2D eigenvalue weighted by Crippen LogP contribution is 2.15. The number of rotatable bonds is 9. The van der Waals surface area contributed by atoms with Crippen molar-refractivity contribution < 1.29 is 22.8 Å². The zero-order valence-electron chi connectivity index (χ0n) is 10.4. The van der Waals surface area contributed by atoms with Crippen molar-refractivity contribution in [3.63, 3.8) is 0 Å². The predicted octanol–water partition coefficient (Wildman–Crippen LogP) is 1.37. The van der Waals surface area contributed by atoms with Crippen LogP contribution < -0.4 is 0 Å². The second kappa shape index (κ2) is 7.56. The summed E-state index contributed by atoms with van der Waals surface area (Å²) in [5.41, 5.74) is 0. The molecule has 0 aromatic rings. The molecule has 0 saturated heterocycles. The largest absolute Gasteiger partial charge is 0.500 e. The second-order valence-electron chi connectivity index (χ2n) is 3.23. The fourth-order valence-corrected chi connectivity index (χ4v) is 2.83. The van der Waals surface area contributed by atoms with Crippen LogP contribution in [0.5, 0.6) is 0 Å². The normalized spacial score (nSPS) is 11.2. The number of hydrogen-bond acceptors (Lipinski definition) is 5. The molecule has 0 aliphatic rings. The Labute approximate surface area is 97.7 Å². The standard InChI is InChI=1S/C10H20O5Si/c1-9(11)10(2)15-7-6-8-16(12-3,13-4)14-5/h2,6-8H2,1,3-5H3. The average molecular weight is 248 g/mol. The van der Waals surface area contributed by atoms with Crippen LogP contribution >= 0.6 is 0 Å². The first-order valence-electron chi connectivity index (χ1n) is 4.99. The maximum absolute atomic E-state index is 10.8.